The van der Waals surface area contributed by atoms with E-state index in [0.717, 1.165) is 6.26 Å². The molecule has 0 saturated heterocycles. The summed E-state index contributed by atoms with van der Waals surface area (Å²) in [5.74, 6) is 5.99. The summed E-state index contributed by atoms with van der Waals surface area (Å²) in [5.41, 5.74) is 7.29. The van der Waals surface area contributed by atoms with Crippen molar-refractivity contribution in [1.82, 2.24) is 4.98 Å². The number of benzene rings is 1. The third-order valence-electron chi connectivity index (χ3n) is 2.79. The lowest BCUT2D eigenvalue weighted by Gasteiger charge is -2.05. The zero-order chi connectivity index (χ0) is 16.3. The summed E-state index contributed by atoms with van der Waals surface area (Å²) < 4.78 is 27.9. The molecular formula is C15H13ClN2O3S. The van der Waals surface area contributed by atoms with E-state index in [1.165, 1.54) is 25.3 Å². The van der Waals surface area contributed by atoms with Crippen LogP contribution in [0.5, 0.6) is 5.88 Å². The number of nitrogens with two attached hydrogens (primary N) is 1. The van der Waals surface area contributed by atoms with Crippen LogP contribution in [0.1, 0.15) is 11.1 Å². The van der Waals surface area contributed by atoms with E-state index in [1.54, 1.807) is 12.1 Å². The van der Waals surface area contributed by atoms with Crippen molar-refractivity contribution >= 4 is 27.1 Å². The molecule has 2 rings (SSSR count). The fourth-order valence-electron chi connectivity index (χ4n) is 1.70. The normalized spacial score (nSPS) is 10.7. The summed E-state index contributed by atoms with van der Waals surface area (Å²) in [6.45, 7) is 0. The number of aromatic nitrogens is 1. The van der Waals surface area contributed by atoms with Gasteiger partial charge in [-0.2, -0.15) is 0 Å². The van der Waals surface area contributed by atoms with Crippen LogP contribution in [0.15, 0.2) is 35.2 Å². The zero-order valence-corrected chi connectivity index (χ0v) is 13.5. The van der Waals surface area contributed by atoms with Gasteiger partial charge < -0.3 is 10.5 Å². The van der Waals surface area contributed by atoms with Crippen LogP contribution in [0.25, 0.3) is 0 Å². The largest absolute Gasteiger partial charge is 0.480 e. The number of rotatable bonds is 2. The number of methoxy groups -OCH3 is 1. The number of anilines is 1. The zero-order valence-electron chi connectivity index (χ0n) is 11.9. The monoisotopic (exact) mass is 336 g/mol. The van der Waals surface area contributed by atoms with Gasteiger partial charge in [-0.15, -0.1) is 0 Å². The third kappa shape index (κ3) is 3.70. The van der Waals surface area contributed by atoms with Crippen LogP contribution in [0, 0.1) is 11.8 Å². The van der Waals surface area contributed by atoms with Crippen LogP contribution in [0.2, 0.25) is 5.15 Å². The Kier molecular flexibility index (Phi) is 4.59. The highest BCUT2D eigenvalue weighted by atomic mass is 35.5. The molecule has 2 aromatic rings. The first-order chi connectivity index (χ1) is 10.3. The van der Waals surface area contributed by atoms with Gasteiger partial charge in [-0.05, 0) is 30.3 Å². The van der Waals surface area contributed by atoms with Crippen molar-refractivity contribution < 1.29 is 13.2 Å². The van der Waals surface area contributed by atoms with E-state index in [0.29, 0.717) is 16.8 Å². The molecule has 0 atom stereocenters. The summed E-state index contributed by atoms with van der Waals surface area (Å²) in [4.78, 5) is 4.23. The quantitative estimate of drug-likeness (QED) is 0.671. The first-order valence-corrected chi connectivity index (χ1v) is 8.40. The van der Waals surface area contributed by atoms with Crippen molar-refractivity contribution in [2.45, 2.75) is 4.90 Å². The van der Waals surface area contributed by atoms with E-state index < -0.39 is 9.84 Å². The van der Waals surface area contributed by atoms with Crippen LogP contribution in [-0.2, 0) is 9.84 Å². The molecule has 7 heteroatoms. The number of nitrogen functional groups attached to an aromatic ring is 1. The Bertz CT molecular complexity index is 866. The van der Waals surface area contributed by atoms with E-state index in [9.17, 15) is 8.42 Å². The second kappa shape index (κ2) is 6.26. The second-order valence-electron chi connectivity index (χ2n) is 4.47. The lowest BCUT2D eigenvalue weighted by atomic mass is 10.2. The number of halogens is 1. The molecule has 1 aromatic heterocycles. The minimum atomic E-state index is -3.22. The van der Waals surface area contributed by atoms with Gasteiger partial charge in [0.25, 0.3) is 0 Å². The van der Waals surface area contributed by atoms with Crippen LogP contribution in [0.3, 0.4) is 0 Å². The molecule has 0 aliphatic rings. The Morgan fingerprint density at radius 1 is 1.23 bits per heavy atom. The number of hydrogen-bond acceptors (Lipinski definition) is 5. The number of hydrogen-bond donors (Lipinski definition) is 1. The summed E-state index contributed by atoms with van der Waals surface area (Å²) in [5, 5.41) is 0.220. The van der Waals surface area contributed by atoms with Gasteiger partial charge in [0.2, 0.25) is 5.88 Å². The standard InChI is InChI=1S/C15H13ClN2O3S/c1-21-15-12(13(17)9-14(16)18-15)8-5-10-3-6-11(7-4-10)22(2,19)20/h3-4,6-7,9H,1-2H3,(H2,17,18). The van der Waals surface area contributed by atoms with Gasteiger partial charge in [-0.3, -0.25) is 0 Å². The maximum Gasteiger partial charge on any atom is 0.232 e. The molecule has 114 valence electrons. The molecule has 22 heavy (non-hydrogen) atoms. The van der Waals surface area contributed by atoms with Crippen LogP contribution < -0.4 is 10.5 Å². The fraction of sp³-hybridized carbons (Fsp3) is 0.133. The molecule has 0 bridgehead atoms. The number of sulfone groups is 1. The van der Waals surface area contributed by atoms with E-state index in [2.05, 4.69) is 16.8 Å². The average molecular weight is 337 g/mol. The Morgan fingerprint density at radius 3 is 2.41 bits per heavy atom. The smallest absolute Gasteiger partial charge is 0.232 e. The summed E-state index contributed by atoms with van der Waals surface area (Å²) in [6, 6.07) is 7.73. The third-order valence-corrected chi connectivity index (χ3v) is 4.12. The van der Waals surface area contributed by atoms with Crippen LogP contribution in [0.4, 0.5) is 5.69 Å². The van der Waals surface area contributed by atoms with Gasteiger partial charge in [0.15, 0.2) is 9.84 Å². The fourth-order valence-corrected chi connectivity index (χ4v) is 2.53. The van der Waals surface area contributed by atoms with Crippen molar-refractivity contribution in [3.05, 3.63) is 46.6 Å². The van der Waals surface area contributed by atoms with E-state index in [1.807, 2.05) is 0 Å². The molecule has 0 spiro atoms. The SMILES string of the molecule is COc1nc(Cl)cc(N)c1C#Cc1ccc(S(C)(=O)=O)cc1. The molecule has 0 fully saturated rings. The predicted molar refractivity (Wildman–Crippen MR) is 85.7 cm³/mol. The molecule has 0 radical (unpaired) electrons. The van der Waals surface area contributed by atoms with Crippen LogP contribution >= 0.6 is 11.6 Å². The summed E-state index contributed by atoms with van der Waals surface area (Å²) >= 11 is 5.80. The highest BCUT2D eigenvalue weighted by molar-refractivity contribution is 7.90. The topological polar surface area (TPSA) is 82.3 Å². The summed E-state index contributed by atoms with van der Waals surface area (Å²) in [6.07, 6.45) is 1.15. The molecule has 1 aromatic carbocycles. The van der Waals surface area contributed by atoms with Gasteiger partial charge in [0, 0.05) is 11.8 Å². The Hall–Kier alpha value is -2.23. The molecule has 0 unspecified atom stereocenters. The van der Waals surface area contributed by atoms with Crippen molar-refractivity contribution in [2.75, 3.05) is 19.1 Å². The average Bonchev–Trinajstić information content (AvgIpc) is 2.45. The molecular weight excluding hydrogens is 324 g/mol. The lowest BCUT2D eigenvalue weighted by molar-refractivity contribution is 0.397. The maximum absolute atomic E-state index is 11.4. The molecule has 0 aliphatic heterocycles. The highest BCUT2D eigenvalue weighted by Crippen LogP contribution is 2.24. The first-order valence-electron chi connectivity index (χ1n) is 6.13. The maximum atomic E-state index is 11.4. The van der Waals surface area contributed by atoms with Gasteiger partial charge in [-0.1, -0.05) is 23.4 Å². The Morgan fingerprint density at radius 2 is 1.86 bits per heavy atom. The lowest BCUT2D eigenvalue weighted by Crippen LogP contribution is -1.98. The van der Waals surface area contributed by atoms with Crippen molar-refractivity contribution in [3.8, 4) is 17.7 Å². The van der Waals surface area contributed by atoms with Gasteiger partial charge >= 0.3 is 0 Å². The summed E-state index contributed by atoms with van der Waals surface area (Å²) in [7, 11) is -1.77. The second-order valence-corrected chi connectivity index (χ2v) is 6.87. The van der Waals surface area contributed by atoms with E-state index in [-0.39, 0.29) is 15.9 Å². The molecule has 0 aliphatic carbocycles. The van der Waals surface area contributed by atoms with Gasteiger partial charge in [0.05, 0.1) is 17.7 Å². The molecule has 0 saturated carbocycles. The van der Waals surface area contributed by atoms with E-state index >= 15 is 0 Å². The predicted octanol–water partition coefficient (Wildman–Crippen LogP) is 2.13. The number of pyridine rings is 1. The first kappa shape index (κ1) is 16.1. The van der Waals surface area contributed by atoms with Gasteiger partial charge in [0.1, 0.15) is 10.7 Å². The molecule has 1 heterocycles. The van der Waals surface area contributed by atoms with Crippen molar-refractivity contribution in [3.63, 3.8) is 0 Å². The molecule has 2 N–H and O–H groups in total. The Balaban J connectivity index is 2.39. The van der Waals surface area contributed by atoms with Crippen molar-refractivity contribution in [1.29, 1.82) is 0 Å². The minimum Gasteiger partial charge on any atom is -0.480 e. The number of nitrogens with zero attached hydrogens (tertiary/aromatic N) is 1. The van der Waals surface area contributed by atoms with E-state index in [4.69, 9.17) is 22.1 Å². The van der Waals surface area contributed by atoms with Crippen molar-refractivity contribution in [2.24, 2.45) is 0 Å². The molecule has 0 amide bonds. The highest BCUT2D eigenvalue weighted by Gasteiger charge is 2.09. The minimum absolute atomic E-state index is 0.220. The van der Waals surface area contributed by atoms with Crippen LogP contribution in [-0.4, -0.2) is 26.8 Å². The number of ether oxygens (including phenoxy) is 1. The van der Waals surface area contributed by atoms with Gasteiger partial charge in [-0.25, -0.2) is 13.4 Å². The Labute approximate surface area is 134 Å². The molecule has 5 nitrogen and oxygen atoms in total.